The number of nitrogens with two attached hydrogens (primary N) is 1. The van der Waals surface area contributed by atoms with Crippen molar-refractivity contribution in [3.05, 3.63) is 63.1 Å². The monoisotopic (exact) mass is 339 g/mol. The van der Waals surface area contributed by atoms with Crippen LogP contribution >= 0.6 is 27.5 Å². The minimum absolute atomic E-state index is 0.209. The molecule has 0 radical (unpaired) electrons. The van der Waals surface area contributed by atoms with Crippen molar-refractivity contribution < 1.29 is 9.53 Å². The van der Waals surface area contributed by atoms with Gasteiger partial charge >= 0.3 is 5.97 Å². The van der Waals surface area contributed by atoms with E-state index in [4.69, 9.17) is 22.1 Å². The summed E-state index contributed by atoms with van der Waals surface area (Å²) < 4.78 is 6.15. The lowest BCUT2D eigenvalue weighted by Gasteiger charge is -2.06. The smallest absolute Gasteiger partial charge is 0.338 e. The van der Waals surface area contributed by atoms with E-state index in [2.05, 4.69) is 15.9 Å². The summed E-state index contributed by atoms with van der Waals surface area (Å²) in [5, 5.41) is 0.344. The molecule has 2 aromatic rings. The third kappa shape index (κ3) is 3.72. The molecule has 0 aliphatic rings. The SMILES string of the molecule is Nc1ccc(C(=O)OCc2cccc(Br)c2)cc1Cl. The number of hydrogen-bond acceptors (Lipinski definition) is 3. The molecule has 0 saturated heterocycles. The molecule has 0 bridgehead atoms. The van der Waals surface area contributed by atoms with E-state index in [0.29, 0.717) is 16.3 Å². The molecule has 0 amide bonds. The molecule has 0 aromatic heterocycles. The molecule has 0 atom stereocenters. The highest BCUT2D eigenvalue weighted by Gasteiger charge is 2.09. The zero-order valence-corrected chi connectivity index (χ0v) is 12.2. The number of hydrogen-bond donors (Lipinski definition) is 1. The number of anilines is 1. The minimum Gasteiger partial charge on any atom is -0.457 e. The maximum absolute atomic E-state index is 11.8. The van der Waals surface area contributed by atoms with Gasteiger partial charge in [-0.15, -0.1) is 0 Å². The number of benzene rings is 2. The van der Waals surface area contributed by atoms with Crippen molar-refractivity contribution in [2.45, 2.75) is 6.61 Å². The van der Waals surface area contributed by atoms with Crippen LogP contribution in [0.15, 0.2) is 46.9 Å². The second-order valence-corrected chi connectivity index (χ2v) is 5.27. The largest absolute Gasteiger partial charge is 0.457 e. The van der Waals surface area contributed by atoms with Crippen LogP contribution in [0.2, 0.25) is 5.02 Å². The highest BCUT2D eigenvalue weighted by atomic mass is 79.9. The Morgan fingerprint density at radius 2 is 2.05 bits per heavy atom. The molecular formula is C14H11BrClNO2. The van der Waals surface area contributed by atoms with Crippen molar-refractivity contribution in [2.75, 3.05) is 5.73 Å². The summed E-state index contributed by atoms with van der Waals surface area (Å²) in [7, 11) is 0. The molecule has 2 rings (SSSR count). The van der Waals surface area contributed by atoms with E-state index in [-0.39, 0.29) is 6.61 Å². The first kappa shape index (κ1) is 13.9. The van der Waals surface area contributed by atoms with Crippen molar-refractivity contribution in [1.82, 2.24) is 0 Å². The average molecular weight is 341 g/mol. The lowest BCUT2D eigenvalue weighted by molar-refractivity contribution is 0.0472. The van der Waals surface area contributed by atoms with Gasteiger partial charge in [-0.2, -0.15) is 0 Å². The van der Waals surface area contributed by atoms with Crippen LogP contribution in [0.3, 0.4) is 0 Å². The summed E-state index contributed by atoms with van der Waals surface area (Å²) in [6.07, 6.45) is 0. The topological polar surface area (TPSA) is 52.3 Å². The van der Waals surface area contributed by atoms with Crippen molar-refractivity contribution in [3.8, 4) is 0 Å². The van der Waals surface area contributed by atoms with Crippen LogP contribution in [0.4, 0.5) is 5.69 Å². The predicted octanol–water partition coefficient (Wildman–Crippen LogP) is 4.04. The van der Waals surface area contributed by atoms with E-state index in [0.717, 1.165) is 10.0 Å². The number of carbonyl (C=O) groups excluding carboxylic acids is 1. The number of ether oxygens (including phenoxy) is 1. The van der Waals surface area contributed by atoms with Gasteiger partial charge in [0.15, 0.2) is 0 Å². The summed E-state index contributed by atoms with van der Waals surface area (Å²) in [5.74, 6) is -0.429. The number of carbonyl (C=O) groups is 1. The molecule has 0 aliphatic carbocycles. The normalized spacial score (nSPS) is 10.2. The van der Waals surface area contributed by atoms with Crippen LogP contribution in [-0.4, -0.2) is 5.97 Å². The van der Waals surface area contributed by atoms with E-state index in [1.165, 1.54) is 6.07 Å². The number of rotatable bonds is 3. The summed E-state index contributed by atoms with van der Waals surface area (Å²) in [4.78, 5) is 11.8. The average Bonchev–Trinajstić information content (AvgIpc) is 2.39. The molecule has 19 heavy (non-hydrogen) atoms. The van der Waals surface area contributed by atoms with Crippen molar-refractivity contribution in [2.24, 2.45) is 0 Å². The van der Waals surface area contributed by atoms with Gasteiger partial charge < -0.3 is 10.5 Å². The van der Waals surface area contributed by atoms with E-state index in [9.17, 15) is 4.79 Å². The predicted molar refractivity (Wildman–Crippen MR) is 79.1 cm³/mol. The second kappa shape index (κ2) is 6.08. The van der Waals surface area contributed by atoms with E-state index in [1.807, 2.05) is 24.3 Å². The summed E-state index contributed by atoms with van der Waals surface area (Å²) in [5.41, 5.74) is 7.31. The Hall–Kier alpha value is -1.52. The lowest BCUT2D eigenvalue weighted by atomic mass is 10.2. The maximum Gasteiger partial charge on any atom is 0.338 e. The third-order valence-corrected chi connectivity index (χ3v) is 3.32. The zero-order valence-electron chi connectivity index (χ0n) is 9.90. The summed E-state index contributed by atoms with van der Waals surface area (Å²) in [6, 6.07) is 12.2. The van der Waals surface area contributed by atoms with Crippen LogP contribution in [0, 0.1) is 0 Å². The van der Waals surface area contributed by atoms with Crippen LogP contribution in [0.5, 0.6) is 0 Å². The molecule has 0 aliphatic heterocycles. The fourth-order valence-electron chi connectivity index (χ4n) is 1.51. The highest BCUT2D eigenvalue weighted by Crippen LogP contribution is 2.20. The first-order valence-electron chi connectivity index (χ1n) is 5.53. The molecule has 0 unspecified atom stereocenters. The molecule has 0 saturated carbocycles. The van der Waals surface area contributed by atoms with Gasteiger partial charge in [0.2, 0.25) is 0 Å². The van der Waals surface area contributed by atoms with Crippen molar-refractivity contribution in [3.63, 3.8) is 0 Å². The zero-order chi connectivity index (χ0) is 13.8. The molecule has 3 nitrogen and oxygen atoms in total. The Balaban J connectivity index is 2.03. The maximum atomic E-state index is 11.8. The number of nitrogen functional groups attached to an aromatic ring is 1. The van der Waals surface area contributed by atoms with Crippen LogP contribution < -0.4 is 5.73 Å². The van der Waals surface area contributed by atoms with Crippen molar-refractivity contribution >= 4 is 39.2 Å². The van der Waals surface area contributed by atoms with Crippen LogP contribution in [-0.2, 0) is 11.3 Å². The van der Waals surface area contributed by atoms with Gasteiger partial charge in [-0.1, -0.05) is 39.7 Å². The van der Waals surface area contributed by atoms with Gasteiger partial charge in [-0.25, -0.2) is 4.79 Å². The van der Waals surface area contributed by atoms with Crippen LogP contribution in [0.25, 0.3) is 0 Å². The third-order valence-electron chi connectivity index (χ3n) is 2.50. The van der Waals surface area contributed by atoms with Gasteiger partial charge in [0.1, 0.15) is 6.61 Å². The minimum atomic E-state index is -0.429. The Kier molecular flexibility index (Phi) is 4.45. The Labute approximate surface area is 124 Å². The Morgan fingerprint density at radius 3 is 2.74 bits per heavy atom. The first-order valence-corrected chi connectivity index (χ1v) is 6.70. The van der Waals surface area contributed by atoms with Gasteiger partial charge in [-0.3, -0.25) is 0 Å². The molecule has 0 heterocycles. The molecule has 0 spiro atoms. The van der Waals surface area contributed by atoms with Gasteiger partial charge in [0, 0.05) is 4.47 Å². The van der Waals surface area contributed by atoms with Gasteiger partial charge in [-0.05, 0) is 35.9 Å². The Bertz CT molecular complexity index is 616. The molecule has 2 aromatic carbocycles. The first-order chi connectivity index (χ1) is 9.06. The standard InChI is InChI=1S/C14H11BrClNO2/c15-11-3-1-2-9(6-11)8-19-14(18)10-4-5-13(17)12(16)7-10/h1-7H,8,17H2. The summed E-state index contributed by atoms with van der Waals surface area (Å²) in [6.45, 7) is 0.209. The van der Waals surface area contributed by atoms with Gasteiger partial charge in [0.25, 0.3) is 0 Å². The second-order valence-electron chi connectivity index (χ2n) is 3.94. The lowest BCUT2D eigenvalue weighted by Crippen LogP contribution is -2.05. The quantitative estimate of drug-likeness (QED) is 0.677. The van der Waals surface area contributed by atoms with E-state index >= 15 is 0 Å². The van der Waals surface area contributed by atoms with E-state index in [1.54, 1.807) is 12.1 Å². The highest BCUT2D eigenvalue weighted by molar-refractivity contribution is 9.10. The van der Waals surface area contributed by atoms with E-state index < -0.39 is 5.97 Å². The molecule has 2 N–H and O–H groups in total. The molecule has 98 valence electrons. The number of halogens is 2. The number of esters is 1. The molecular weight excluding hydrogens is 330 g/mol. The van der Waals surface area contributed by atoms with Crippen LogP contribution in [0.1, 0.15) is 15.9 Å². The van der Waals surface area contributed by atoms with Gasteiger partial charge in [0.05, 0.1) is 16.3 Å². The Morgan fingerprint density at radius 1 is 1.26 bits per heavy atom. The molecule has 5 heteroatoms. The van der Waals surface area contributed by atoms with Crippen molar-refractivity contribution in [1.29, 1.82) is 0 Å². The fourth-order valence-corrected chi connectivity index (χ4v) is 2.14. The summed E-state index contributed by atoms with van der Waals surface area (Å²) >= 11 is 9.22. The molecule has 0 fully saturated rings. The fraction of sp³-hybridized carbons (Fsp3) is 0.0714.